The molecule has 1 N–H and O–H groups in total. The minimum atomic E-state index is 0.449. The van der Waals surface area contributed by atoms with E-state index < -0.39 is 0 Å². The monoisotopic (exact) mass is 276 g/mol. The molecule has 2 heteroatoms. The van der Waals surface area contributed by atoms with Crippen LogP contribution in [0, 0.1) is 13.8 Å². The molecule has 0 aliphatic carbocycles. The number of nitrogens with one attached hydrogen (secondary N) is 1. The van der Waals surface area contributed by atoms with Gasteiger partial charge in [0.1, 0.15) is 0 Å². The molecule has 1 rings (SSSR count). The molecule has 0 saturated carbocycles. The summed E-state index contributed by atoms with van der Waals surface area (Å²) in [6, 6.07) is 8.03. The third kappa shape index (κ3) is 4.92. The standard InChI is InChI=1S/C18H32N2/c1-7-17(8-2)20(6)10-9-18(19-5)16-12-14(3)11-15(4)13-16/h11-13,17-19H,7-10H2,1-6H3. The lowest BCUT2D eigenvalue weighted by molar-refractivity contribution is 0.219. The van der Waals surface area contributed by atoms with Crippen molar-refractivity contribution < 1.29 is 0 Å². The van der Waals surface area contributed by atoms with E-state index in [1.165, 1.54) is 29.5 Å². The summed E-state index contributed by atoms with van der Waals surface area (Å²) in [5.74, 6) is 0. The molecular formula is C18H32N2. The van der Waals surface area contributed by atoms with Crippen molar-refractivity contribution in [2.45, 2.75) is 59.0 Å². The molecule has 1 unspecified atom stereocenters. The van der Waals surface area contributed by atoms with Gasteiger partial charge in [0.25, 0.3) is 0 Å². The average Bonchev–Trinajstić information content (AvgIpc) is 2.39. The van der Waals surface area contributed by atoms with Gasteiger partial charge in [-0.3, -0.25) is 0 Å². The third-order valence-electron chi connectivity index (χ3n) is 4.33. The molecule has 0 saturated heterocycles. The highest BCUT2D eigenvalue weighted by molar-refractivity contribution is 5.30. The van der Waals surface area contributed by atoms with Gasteiger partial charge in [-0.25, -0.2) is 0 Å². The molecule has 0 heterocycles. The average molecular weight is 276 g/mol. The molecule has 1 aromatic rings. The zero-order valence-electron chi connectivity index (χ0n) is 14.2. The van der Waals surface area contributed by atoms with Gasteiger partial charge in [-0.05, 0) is 59.3 Å². The first kappa shape index (κ1) is 17.2. The zero-order chi connectivity index (χ0) is 15.1. The fourth-order valence-corrected chi connectivity index (χ4v) is 3.12. The van der Waals surface area contributed by atoms with Gasteiger partial charge in [0, 0.05) is 12.1 Å². The van der Waals surface area contributed by atoms with Gasteiger partial charge in [-0.1, -0.05) is 43.2 Å². The molecule has 114 valence electrons. The lowest BCUT2D eigenvalue weighted by atomic mass is 9.98. The number of rotatable bonds is 8. The van der Waals surface area contributed by atoms with E-state index in [0.29, 0.717) is 12.1 Å². The van der Waals surface area contributed by atoms with Crippen LogP contribution in [0.2, 0.25) is 0 Å². The Morgan fingerprint density at radius 1 is 1.05 bits per heavy atom. The van der Waals surface area contributed by atoms with Gasteiger partial charge in [0.05, 0.1) is 0 Å². The van der Waals surface area contributed by atoms with Crippen molar-refractivity contribution in [2.75, 3.05) is 20.6 Å². The largest absolute Gasteiger partial charge is 0.313 e. The molecule has 0 bridgehead atoms. The molecule has 0 aromatic heterocycles. The SMILES string of the molecule is CCC(CC)N(C)CCC(NC)c1cc(C)cc(C)c1. The Morgan fingerprint density at radius 2 is 1.60 bits per heavy atom. The molecule has 1 aromatic carbocycles. The minimum absolute atomic E-state index is 0.449. The van der Waals surface area contributed by atoms with E-state index in [2.05, 4.69) is 70.2 Å². The van der Waals surface area contributed by atoms with Crippen molar-refractivity contribution >= 4 is 0 Å². The van der Waals surface area contributed by atoms with Gasteiger partial charge >= 0.3 is 0 Å². The summed E-state index contributed by atoms with van der Waals surface area (Å²) < 4.78 is 0. The Morgan fingerprint density at radius 3 is 2.05 bits per heavy atom. The van der Waals surface area contributed by atoms with Gasteiger partial charge in [-0.15, -0.1) is 0 Å². The van der Waals surface area contributed by atoms with Crippen LogP contribution >= 0.6 is 0 Å². The normalized spacial score (nSPS) is 13.2. The Kier molecular flexibility index (Phi) is 7.25. The van der Waals surface area contributed by atoms with Crippen LogP contribution in [0.1, 0.15) is 55.8 Å². The number of hydrogen-bond donors (Lipinski definition) is 1. The fourth-order valence-electron chi connectivity index (χ4n) is 3.12. The lowest BCUT2D eigenvalue weighted by Gasteiger charge is -2.28. The van der Waals surface area contributed by atoms with Crippen LogP contribution in [0.3, 0.4) is 0 Å². The van der Waals surface area contributed by atoms with E-state index in [-0.39, 0.29) is 0 Å². The Balaban J connectivity index is 2.67. The van der Waals surface area contributed by atoms with E-state index in [9.17, 15) is 0 Å². The fraction of sp³-hybridized carbons (Fsp3) is 0.667. The quantitative estimate of drug-likeness (QED) is 0.770. The molecule has 0 aliphatic rings. The third-order valence-corrected chi connectivity index (χ3v) is 4.33. The second-order valence-corrected chi connectivity index (χ2v) is 6.00. The van der Waals surface area contributed by atoms with Crippen LogP contribution < -0.4 is 5.32 Å². The second kappa shape index (κ2) is 8.43. The van der Waals surface area contributed by atoms with E-state index in [1.807, 2.05) is 0 Å². The predicted molar refractivity (Wildman–Crippen MR) is 89.3 cm³/mol. The van der Waals surface area contributed by atoms with E-state index in [4.69, 9.17) is 0 Å². The number of nitrogens with zero attached hydrogens (tertiary/aromatic N) is 1. The summed E-state index contributed by atoms with van der Waals surface area (Å²) in [6.07, 6.45) is 3.63. The first-order chi connectivity index (χ1) is 9.51. The summed E-state index contributed by atoms with van der Waals surface area (Å²) in [4.78, 5) is 2.51. The molecule has 1 atom stereocenters. The van der Waals surface area contributed by atoms with Gasteiger partial charge in [0.2, 0.25) is 0 Å². The van der Waals surface area contributed by atoms with Crippen molar-refractivity contribution in [1.29, 1.82) is 0 Å². The first-order valence-electron chi connectivity index (χ1n) is 7.97. The van der Waals surface area contributed by atoms with E-state index in [0.717, 1.165) is 13.0 Å². The Labute approximate surface area is 125 Å². The van der Waals surface area contributed by atoms with Crippen molar-refractivity contribution in [2.24, 2.45) is 0 Å². The molecular weight excluding hydrogens is 244 g/mol. The summed E-state index contributed by atoms with van der Waals surface area (Å²) in [5.41, 5.74) is 4.13. The number of aryl methyl sites for hydroxylation is 2. The molecule has 20 heavy (non-hydrogen) atoms. The summed E-state index contributed by atoms with van der Waals surface area (Å²) in [7, 11) is 4.32. The van der Waals surface area contributed by atoms with Crippen molar-refractivity contribution in [3.63, 3.8) is 0 Å². The molecule has 0 fully saturated rings. The van der Waals surface area contributed by atoms with Crippen LogP contribution in [0.4, 0.5) is 0 Å². The maximum atomic E-state index is 3.48. The van der Waals surface area contributed by atoms with Crippen LogP contribution in [-0.4, -0.2) is 31.6 Å². The van der Waals surface area contributed by atoms with Gasteiger partial charge in [0.15, 0.2) is 0 Å². The Bertz CT molecular complexity index is 376. The predicted octanol–water partition coefficient (Wildman–Crippen LogP) is 4.07. The Hall–Kier alpha value is -0.860. The topological polar surface area (TPSA) is 15.3 Å². The second-order valence-electron chi connectivity index (χ2n) is 6.00. The molecule has 0 spiro atoms. The van der Waals surface area contributed by atoms with Crippen LogP contribution in [0.5, 0.6) is 0 Å². The van der Waals surface area contributed by atoms with E-state index >= 15 is 0 Å². The van der Waals surface area contributed by atoms with Crippen LogP contribution in [0.25, 0.3) is 0 Å². The highest BCUT2D eigenvalue weighted by Gasteiger charge is 2.14. The van der Waals surface area contributed by atoms with Crippen LogP contribution in [-0.2, 0) is 0 Å². The smallest absolute Gasteiger partial charge is 0.0329 e. The number of hydrogen-bond acceptors (Lipinski definition) is 2. The maximum Gasteiger partial charge on any atom is 0.0329 e. The molecule has 0 aliphatic heterocycles. The van der Waals surface area contributed by atoms with Crippen LogP contribution in [0.15, 0.2) is 18.2 Å². The zero-order valence-corrected chi connectivity index (χ0v) is 14.2. The van der Waals surface area contributed by atoms with Crippen molar-refractivity contribution in [3.8, 4) is 0 Å². The van der Waals surface area contributed by atoms with Gasteiger partial charge < -0.3 is 10.2 Å². The van der Waals surface area contributed by atoms with Gasteiger partial charge in [-0.2, -0.15) is 0 Å². The highest BCUT2D eigenvalue weighted by Crippen LogP contribution is 2.20. The highest BCUT2D eigenvalue weighted by atomic mass is 15.1. The van der Waals surface area contributed by atoms with Crippen molar-refractivity contribution in [3.05, 3.63) is 34.9 Å². The minimum Gasteiger partial charge on any atom is -0.313 e. The van der Waals surface area contributed by atoms with E-state index in [1.54, 1.807) is 0 Å². The summed E-state index contributed by atoms with van der Waals surface area (Å²) >= 11 is 0. The van der Waals surface area contributed by atoms with Crippen molar-refractivity contribution in [1.82, 2.24) is 10.2 Å². The first-order valence-corrected chi connectivity index (χ1v) is 7.97. The summed E-state index contributed by atoms with van der Waals surface area (Å²) in [5, 5.41) is 3.48. The molecule has 0 amide bonds. The molecule has 2 nitrogen and oxygen atoms in total. The number of benzene rings is 1. The maximum absolute atomic E-state index is 3.48. The summed E-state index contributed by atoms with van der Waals surface area (Å²) in [6.45, 7) is 10.1. The lowest BCUT2D eigenvalue weighted by Crippen LogP contribution is -2.33. The molecule has 0 radical (unpaired) electrons.